The lowest BCUT2D eigenvalue weighted by Crippen LogP contribution is -2.24. The molecule has 1 aromatic heterocycles. The third kappa shape index (κ3) is 3.06. The molecule has 2 heterocycles. The normalized spacial score (nSPS) is 20.8. The first-order chi connectivity index (χ1) is 7.75. The van der Waals surface area contributed by atoms with E-state index in [0.717, 1.165) is 19.7 Å². The molecule has 4 heteroatoms. The summed E-state index contributed by atoms with van der Waals surface area (Å²) < 4.78 is 7.84. The molecule has 2 rings (SSSR count). The summed E-state index contributed by atoms with van der Waals surface area (Å²) in [7, 11) is 0. The van der Waals surface area contributed by atoms with Crippen LogP contribution in [0.25, 0.3) is 0 Å². The van der Waals surface area contributed by atoms with Crippen molar-refractivity contribution in [3.63, 3.8) is 0 Å². The Morgan fingerprint density at radius 3 is 3.19 bits per heavy atom. The second-order valence-electron chi connectivity index (χ2n) is 4.71. The molecule has 4 nitrogen and oxygen atoms in total. The number of hydrogen-bond acceptors (Lipinski definition) is 3. The number of hydrogen-bond donors (Lipinski definition) is 1. The predicted octanol–water partition coefficient (Wildman–Crippen LogP) is 1.56. The first kappa shape index (κ1) is 11.6. The van der Waals surface area contributed by atoms with E-state index in [1.807, 2.05) is 12.5 Å². The second-order valence-corrected chi connectivity index (χ2v) is 4.71. The van der Waals surface area contributed by atoms with E-state index < -0.39 is 0 Å². The van der Waals surface area contributed by atoms with Crippen molar-refractivity contribution in [3.05, 3.63) is 18.2 Å². The number of rotatable bonds is 5. The van der Waals surface area contributed by atoms with E-state index in [0.29, 0.717) is 12.1 Å². The highest BCUT2D eigenvalue weighted by molar-refractivity contribution is 4.98. The summed E-state index contributed by atoms with van der Waals surface area (Å²) in [5.74, 6) is 0. The largest absolute Gasteiger partial charge is 0.376 e. The van der Waals surface area contributed by atoms with Gasteiger partial charge in [0.2, 0.25) is 0 Å². The highest BCUT2D eigenvalue weighted by Gasteiger charge is 2.16. The van der Waals surface area contributed by atoms with E-state index in [1.54, 1.807) is 0 Å². The van der Waals surface area contributed by atoms with E-state index in [1.165, 1.54) is 18.5 Å². The molecule has 90 valence electrons. The summed E-state index contributed by atoms with van der Waals surface area (Å²) in [6.07, 6.45) is 6.59. The monoisotopic (exact) mass is 223 g/mol. The smallest absolute Gasteiger partial charge is 0.0949 e. The fourth-order valence-corrected chi connectivity index (χ4v) is 1.98. The fourth-order valence-electron chi connectivity index (χ4n) is 1.98. The number of nitrogens with one attached hydrogen (secondary N) is 1. The van der Waals surface area contributed by atoms with Gasteiger partial charge in [-0.05, 0) is 12.8 Å². The summed E-state index contributed by atoms with van der Waals surface area (Å²) in [4.78, 5) is 4.21. The lowest BCUT2D eigenvalue weighted by atomic mass is 10.2. The first-order valence-electron chi connectivity index (χ1n) is 6.09. The lowest BCUT2D eigenvalue weighted by Gasteiger charge is -2.14. The van der Waals surface area contributed by atoms with Crippen molar-refractivity contribution in [2.45, 2.75) is 51.9 Å². The van der Waals surface area contributed by atoms with Crippen LogP contribution in [0.3, 0.4) is 0 Å². The Hall–Kier alpha value is -0.870. The number of ether oxygens (including phenoxy) is 1. The SMILES string of the molecule is CC(C)NCc1cncn1CC1CCCO1. The Balaban J connectivity index is 1.90. The summed E-state index contributed by atoms with van der Waals surface area (Å²) in [6, 6.07) is 0.506. The fraction of sp³-hybridized carbons (Fsp3) is 0.750. The van der Waals surface area contributed by atoms with Crippen LogP contribution in [0, 0.1) is 0 Å². The van der Waals surface area contributed by atoms with Crippen molar-refractivity contribution in [1.82, 2.24) is 14.9 Å². The van der Waals surface area contributed by atoms with Crippen LogP contribution in [0.4, 0.5) is 0 Å². The van der Waals surface area contributed by atoms with Gasteiger partial charge in [0.25, 0.3) is 0 Å². The Bertz CT molecular complexity index is 316. The molecule has 1 fully saturated rings. The molecule has 0 aromatic carbocycles. The number of imidazole rings is 1. The van der Waals surface area contributed by atoms with Crippen LogP contribution in [-0.4, -0.2) is 28.3 Å². The lowest BCUT2D eigenvalue weighted by molar-refractivity contribution is 0.0962. The van der Waals surface area contributed by atoms with Crippen molar-refractivity contribution in [2.75, 3.05) is 6.61 Å². The molecule has 16 heavy (non-hydrogen) atoms. The van der Waals surface area contributed by atoms with Crippen molar-refractivity contribution < 1.29 is 4.74 Å². The molecule has 0 spiro atoms. The number of nitrogens with zero attached hydrogens (tertiary/aromatic N) is 2. The summed E-state index contributed by atoms with van der Waals surface area (Å²) in [5.41, 5.74) is 1.24. The zero-order valence-corrected chi connectivity index (χ0v) is 10.1. The molecular weight excluding hydrogens is 202 g/mol. The minimum Gasteiger partial charge on any atom is -0.376 e. The predicted molar refractivity (Wildman–Crippen MR) is 63.2 cm³/mol. The Kier molecular flexibility index (Phi) is 3.96. The van der Waals surface area contributed by atoms with E-state index in [-0.39, 0.29) is 0 Å². The molecule has 1 unspecified atom stereocenters. The molecule has 0 saturated carbocycles. The van der Waals surface area contributed by atoms with Gasteiger partial charge in [-0.2, -0.15) is 0 Å². The average molecular weight is 223 g/mol. The van der Waals surface area contributed by atoms with E-state index >= 15 is 0 Å². The molecule has 1 atom stereocenters. The molecule has 1 aliphatic heterocycles. The maximum absolute atomic E-state index is 5.64. The standard InChI is InChI=1S/C12H21N3O/c1-10(2)14-7-11-6-13-9-15(11)8-12-4-3-5-16-12/h6,9-10,12,14H,3-5,7-8H2,1-2H3. The second kappa shape index (κ2) is 5.46. The van der Waals surface area contributed by atoms with Gasteiger partial charge in [0, 0.05) is 25.4 Å². The van der Waals surface area contributed by atoms with Crippen LogP contribution in [0.5, 0.6) is 0 Å². The van der Waals surface area contributed by atoms with Gasteiger partial charge in [-0.15, -0.1) is 0 Å². The molecule has 0 aliphatic carbocycles. The van der Waals surface area contributed by atoms with Crippen LogP contribution in [-0.2, 0) is 17.8 Å². The third-order valence-corrected chi connectivity index (χ3v) is 2.91. The van der Waals surface area contributed by atoms with Crippen molar-refractivity contribution in [1.29, 1.82) is 0 Å². The minimum atomic E-state index is 0.381. The summed E-state index contributed by atoms with van der Waals surface area (Å²) >= 11 is 0. The van der Waals surface area contributed by atoms with Crippen molar-refractivity contribution in [3.8, 4) is 0 Å². The van der Waals surface area contributed by atoms with Crippen LogP contribution >= 0.6 is 0 Å². The van der Waals surface area contributed by atoms with E-state index in [2.05, 4.69) is 28.7 Å². The zero-order valence-electron chi connectivity index (χ0n) is 10.1. The molecule has 1 aliphatic rings. The maximum Gasteiger partial charge on any atom is 0.0949 e. The van der Waals surface area contributed by atoms with Gasteiger partial charge in [-0.1, -0.05) is 13.8 Å². The van der Waals surface area contributed by atoms with Crippen LogP contribution in [0.2, 0.25) is 0 Å². The van der Waals surface area contributed by atoms with Gasteiger partial charge in [0.05, 0.1) is 24.7 Å². The van der Waals surface area contributed by atoms with Crippen LogP contribution in [0.15, 0.2) is 12.5 Å². The third-order valence-electron chi connectivity index (χ3n) is 2.91. The van der Waals surface area contributed by atoms with Gasteiger partial charge >= 0.3 is 0 Å². The minimum absolute atomic E-state index is 0.381. The summed E-state index contributed by atoms with van der Waals surface area (Å²) in [6.45, 7) is 7.04. The molecule has 1 N–H and O–H groups in total. The quantitative estimate of drug-likeness (QED) is 0.823. The Labute approximate surface area is 97.0 Å². The van der Waals surface area contributed by atoms with E-state index in [4.69, 9.17) is 4.74 Å². The van der Waals surface area contributed by atoms with Gasteiger partial charge in [0.15, 0.2) is 0 Å². The van der Waals surface area contributed by atoms with Crippen LogP contribution < -0.4 is 5.32 Å². The first-order valence-corrected chi connectivity index (χ1v) is 6.09. The Morgan fingerprint density at radius 1 is 1.62 bits per heavy atom. The molecule has 1 saturated heterocycles. The number of aromatic nitrogens is 2. The van der Waals surface area contributed by atoms with Gasteiger partial charge in [-0.3, -0.25) is 0 Å². The highest BCUT2D eigenvalue weighted by Crippen LogP contribution is 2.14. The molecular formula is C12H21N3O. The van der Waals surface area contributed by atoms with Crippen molar-refractivity contribution >= 4 is 0 Å². The zero-order chi connectivity index (χ0) is 11.4. The van der Waals surface area contributed by atoms with Gasteiger partial charge in [0.1, 0.15) is 0 Å². The molecule has 0 amide bonds. The van der Waals surface area contributed by atoms with Crippen molar-refractivity contribution in [2.24, 2.45) is 0 Å². The topological polar surface area (TPSA) is 39.1 Å². The van der Waals surface area contributed by atoms with Gasteiger partial charge < -0.3 is 14.6 Å². The average Bonchev–Trinajstić information content (AvgIpc) is 2.87. The summed E-state index contributed by atoms with van der Waals surface area (Å²) in [5, 5.41) is 3.41. The van der Waals surface area contributed by atoms with E-state index in [9.17, 15) is 0 Å². The Morgan fingerprint density at radius 2 is 2.50 bits per heavy atom. The van der Waals surface area contributed by atoms with Gasteiger partial charge in [-0.25, -0.2) is 4.98 Å². The highest BCUT2D eigenvalue weighted by atomic mass is 16.5. The molecule has 1 aromatic rings. The molecule has 0 radical (unpaired) electrons. The maximum atomic E-state index is 5.64. The van der Waals surface area contributed by atoms with Crippen LogP contribution in [0.1, 0.15) is 32.4 Å². The molecule has 0 bridgehead atoms.